The van der Waals surface area contributed by atoms with Gasteiger partial charge in [0.2, 0.25) is 0 Å². The molecule has 0 saturated heterocycles. The van der Waals surface area contributed by atoms with Gasteiger partial charge in [0.25, 0.3) is 0 Å². The Bertz CT molecular complexity index is 296. The average molecular weight is 186 g/mol. The van der Waals surface area contributed by atoms with Gasteiger partial charge in [0.05, 0.1) is 19.2 Å². The minimum Gasteiger partial charge on any atom is -0.469 e. The number of ether oxygens (including phenoxy) is 1. The third-order valence-electron chi connectivity index (χ3n) is 1.45. The van der Waals surface area contributed by atoms with Gasteiger partial charge in [-0.2, -0.15) is 0 Å². The lowest BCUT2D eigenvalue weighted by atomic mass is 10.3. The van der Waals surface area contributed by atoms with Crippen LogP contribution in [-0.4, -0.2) is 18.1 Å². The Kier molecular flexibility index (Phi) is 2.65. The van der Waals surface area contributed by atoms with Gasteiger partial charge >= 0.3 is 5.97 Å². The van der Waals surface area contributed by atoms with E-state index < -0.39 is 0 Å². The summed E-state index contributed by atoms with van der Waals surface area (Å²) in [5.41, 5.74) is 6.16. The van der Waals surface area contributed by atoms with Gasteiger partial charge in [0.1, 0.15) is 0 Å². The maximum Gasteiger partial charge on any atom is 0.311 e. The van der Waals surface area contributed by atoms with Crippen molar-refractivity contribution < 1.29 is 9.53 Å². The predicted octanol–water partition coefficient (Wildman–Crippen LogP) is 0.749. The van der Waals surface area contributed by atoms with E-state index in [2.05, 4.69) is 9.72 Å². The fourth-order valence-electron chi connectivity index (χ4n) is 0.823. The monoisotopic (exact) mass is 186 g/mol. The van der Waals surface area contributed by atoms with E-state index in [1.807, 2.05) is 6.92 Å². The molecule has 0 aliphatic carbocycles. The van der Waals surface area contributed by atoms with Gasteiger partial charge in [-0.1, -0.05) is 0 Å². The number of nitrogen functional groups attached to an aromatic ring is 1. The topological polar surface area (TPSA) is 65.2 Å². The highest BCUT2D eigenvalue weighted by molar-refractivity contribution is 7.15. The minimum atomic E-state index is -0.289. The summed E-state index contributed by atoms with van der Waals surface area (Å²) in [5, 5.41) is 0.492. The first-order valence-electron chi connectivity index (χ1n) is 3.42. The van der Waals surface area contributed by atoms with Gasteiger partial charge in [-0.25, -0.2) is 4.98 Å². The van der Waals surface area contributed by atoms with Crippen LogP contribution < -0.4 is 5.73 Å². The SMILES string of the molecule is COC(=O)Cc1nc(N)sc1C. The van der Waals surface area contributed by atoms with Crippen molar-refractivity contribution in [1.82, 2.24) is 4.98 Å². The van der Waals surface area contributed by atoms with E-state index in [4.69, 9.17) is 5.73 Å². The molecule has 2 N–H and O–H groups in total. The molecular weight excluding hydrogens is 176 g/mol. The highest BCUT2D eigenvalue weighted by Crippen LogP contribution is 2.19. The number of nitrogens with two attached hydrogens (primary N) is 1. The Morgan fingerprint density at radius 1 is 1.75 bits per heavy atom. The van der Waals surface area contributed by atoms with Gasteiger partial charge in [0, 0.05) is 4.88 Å². The number of carbonyl (C=O) groups is 1. The molecule has 0 aromatic carbocycles. The van der Waals surface area contributed by atoms with E-state index in [9.17, 15) is 4.79 Å². The standard InChI is InChI=1S/C7H10N2O2S/c1-4-5(3-6(10)11-2)9-7(8)12-4/h3H2,1-2H3,(H2,8,9). The van der Waals surface area contributed by atoms with Crippen molar-refractivity contribution >= 4 is 22.4 Å². The summed E-state index contributed by atoms with van der Waals surface area (Å²) in [6.07, 6.45) is 0.204. The molecule has 0 aliphatic rings. The highest BCUT2D eigenvalue weighted by Gasteiger charge is 2.09. The van der Waals surface area contributed by atoms with Crippen LogP contribution in [0.15, 0.2) is 0 Å². The van der Waals surface area contributed by atoms with Gasteiger partial charge in [-0.15, -0.1) is 11.3 Å². The van der Waals surface area contributed by atoms with Crippen LogP contribution in [0.4, 0.5) is 5.13 Å². The molecule has 5 heteroatoms. The molecule has 12 heavy (non-hydrogen) atoms. The van der Waals surface area contributed by atoms with Gasteiger partial charge in [-0.05, 0) is 6.92 Å². The molecule has 0 bridgehead atoms. The molecule has 1 aromatic rings. The Morgan fingerprint density at radius 3 is 2.83 bits per heavy atom. The molecule has 0 fully saturated rings. The largest absolute Gasteiger partial charge is 0.469 e. The lowest BCUT2D eigenvalue weighted by molar-refractivity contribution is -0.139. The van der Waals surface area contributed by atoms with E-state index in [0.717, 1.165) is 4.88 Å². The molecule has 0 amide bonds. The zero-order valence-corrected chi connectivity index (χ0v) is 7.77. The second-order valence-corrected chi connectivity index (χ2v) is 3.54. The second-order valence-electron chi connectivity index (χ2n) is 2.31. The van der Waals surface area contributed by atoms with Gasteiger partial charge in [0.15, 0.2) is 5.13 Å². The molecule has 0 saturated carbocycles. The van der Waals surface area contributed by atoms with E-state index in [1.54, 1.807) is 0 Å². The lowest BCUT2D eigenvalue weighted by Crippen LogP contribution is -2.05. The predicted molar refractivity (Wildman–Crippen MR) is 47.0 cm³/mol. The van der Waals surface area contributed by atoms with Crippen molar-refractivity contribution in [1.29, 1.82) is 0 Å². The van der Waals surface area contributed by atoms with E-state index in [0.29, 0.717) is 10.8 Å². The summed E-state index contributed by atoms with van der Waals surface area (Å²) >= 11 is 1.38. The summed E-state index contributed by atoms with van der Waals surface area (Å²) in [6.45, 7) is 1.88. The zero-order chi connectivity index (χ0) is 9.14. The second kappa shape index (κ2) is 3.53. The summed E-state index contributed by atoms with van der Waals surface area (Å²) in [5.74, 6) is -0.289. The molecule has 1 heterocycles. The quantitative estimate of drug-likeness (QED) is 0.692. The van der Waals surface area contributed by atoms with Crippen molar-refractivity contribution in [2.75, 3.05) is 12.8 Å². The molecular formula is C7H10N2O2S. The van der Waals surface area contributed by atoms with E-state index >= 15 is 0 Å². The number of aryl methyl sites for hydroxylation is 1. The van der Waals surface area contributed by atoms with Gasteiger partial charge < -0.3 is 10.5 Å². The van der Waals surface area contributed by atoms with E-state index in [-0.39, 0.29) is 12.4 Å². The Morgan fingerprint density at radius 2 is 2.42 bits per heavy atom. The maximum absolute atomic E-state index is 10.8. The summed E-state index contributed by atoms with van der Waals surface area (Å²) < 4.78 is 4.50. The number of esters is 1. The van der Waals surface area contributed by atoms with Crippen molar-refractivity contribution in [2.24, 2.45) is 0 Å². The molecule has 0 spiro atoms. The van der Waals surface area contributed by atoms with Crippen LogP contribution in [-0.2, 0) is 16.0 Å². The van der Waals surface area contributed by atoms with Crippen molar-refractivity contribution in [2.45, 2.75) is 13.3 Å². The first kappa shape index (κ1) is 8.99. The number of nitrogens with zero attached hydrogens (tertiary/aromatic N) is 1. The number of thiazole rings is 1. The van der Waals surface area contributed by atoms with Crippen LogP contribution in [0.3, 0.4) is 0 Å². The number of anilines is 1. The molecule has 4 nitrogen and oxygen atoms in total. The van der Waals surface area contributed by atoms with Crippen LogP contribution in [0.1, 0.15) is 10.6 Å². The third-order valence-corrected chi connectivity index (χ3v) is 2.29. The van der Waals surface area contributed by atoms with Crippen molar-refractivity contribution in [3.05, 3.63) is 10.6 Å². The normalized spacial score (nSPS) is 9.83. The summed E-state index contributed by atoms with van der Waals surface area (Å²) in [7, 11) is 1.35. The average Bonchev–Trinajstić information content (AvgIpc) is 2.30. The fraction of sp³-hybridized carbons (Fsp3) is 0.429. The smallest absolute Gasteiger partial charge is 0.311 e. The molecule has 0 radical (unpaired) electrons. The Hall–Kier alpha value is -1.10. The number of rotatable bonds is 2. The highest BCUT2D eigenvalue weighted by atomic mass is 32.1. The Balaban J connectivity index is 2.75. The van der Waals surface area contributed by atoms with Crippen LogP contribution >= 0.6 is 11.3 Å². The van der Waals surface area contributed by atoms with Crippen LogP contribution in [0.25, 0.3) is 0 Å². The number of methoxy groups -OCH3 is 1. The first-order valence-corrected chi connectivity index (χ1v) is 4.23. The molecule has 0 aliphatic heterocycles. The molecule has 1 aromatic heterocycles. The number of hydrogen-bond donors (Lipinski definition) is 1. The third kappa shape index (κ3) is 1.94. The van der Waals surface area contributed by atoms with Crippen LogP contribution in [0.5, 0.6) is 0 Å². The number of carbonyl (C=O) groups excluding carboxylic acids is 1. The summed E-state index contributed by atoms with van der Waals surface area (Å²) in [6, 6.07) is 0. The number of aromatic nitrogens is 1. The zero-order valence-electron chi connectivity index (χ0n) is 6.96. The fourth-order valence-corrected chi connectivity index (χ4v) is 1.53. The molecule has 66 valence electrons. The maximum atomic E-state index is 10.8. The molecule has 0 unspecified atom stereocenters. The first-order chi connectivity index (χ1) is 5.63. The lowest BCUT2D eigenvalue weighted by Gasteiger charge is -1.95. The number of hydrogen-bond acceptors (Lipinski definition) is 5. The van der Waals surface area contributed by atoms with Crippen molar-refractivity contribution in [3.8, 4) is 0 Å². The van der Waals surface area contributed by atoms with Crippen LogP contribution in [0, 0.1) is 6.92 Å². The van der Waals surface area contributed by atoms with E-state index in [1.165, 1.54) is 18.4 Å². The van der Waals surface area contributed by atoms with Gasteiger partial charge in [-0.3, -0.25) is 4.79 Å². The molecule has 1 rings (SSSR count). The summed E-state index contributed by atoms with van der Waals surface area (Å²) in [4.78, 5) is 15.8. The minimum absolute atomic E-state index is 0.204. The van der Waals surface area contributed by atoms with Crippen LogP contribution in [0.2, 0.25) is 0 Å². The Labute approximate surface area is 74.4 Å². The van der Waals surface area contributed by atoms with Crippen molar-refractivity contribution in [3.63, 3.8) is 0 Å². The molecule has 0 atom stereocenters.